The highest BCUT2D eigenvalue weighted by atomic mass is 16.6. The number of hydrogen-bond acceptors (Lipinski definition) is 8. The van der Waals surface area contributed by atoms with Gasteiger partial charge in [-0.25, -0.2) is 0 Å². The zero-order valence-corrected chi connectivity index (χ0v) is 25.4. The van der Waals surface area contributed by atoms with E-state index < -0.39 is 29.6 Å². The number of ether oxygens (including phenoxy) is 3. The summed E-state index contributed by atoms with van der Waals surface area (Å²) < 4.78 is 16.1. The summed E-state index contributed by atoms with van der Waals surface area (Å²) >= 11 is 0. The number of carbonyl (C=O) groups excluding carboxylic acids is 4. The van der Waals surface area contributed by atoms with Gasteiger partial charge in [-0.15, -0.1) is 0 Å². The summed E-state index contributed by atoms with van der Waals surface area (Å²) in [5.41, 5.74) is -0.0376. The Bertz CT molecular complexity index is 1140. The Morgan fingerprint density at radius 2 is 1.60 bits per heavy atom. The van der Waals surface area contributed by atoms with Crippen molar-refractivity contribution in [3.63, 3.8) is 0 Å². The van der Waals surface area contributed by atoms with E-state index in [-0.39, 0.29) is 36.5 Å². The number of carbonyl (C=O) groups is 4. The van der Waals surface area contributed by atoms with Crippen molar-refractivity contribution in [2.75, 3.05) is 46.6 Å². The second kappa shape index (κ2) is 14.2. The van der Waals surface area contributed by atoms with Gasteiger partial charge in [0.2, 0.25) is 17.7 Å². The zero-order valence-electron chi connectivity index (χ0n) is 25.4. The van der Waals surface area contributed by atoms with Gasteiger partial charge in [0, 0.05) is 19.5 Å². The Kier molecular flexibility index (Phi) is 10.4. The Balaban J connectivity index is 1.29. The molecule has 4 aliphatic rings. The van der Waals surface area contributed by atoms with Crippen molar-refractivity contribution < 1.29 is 33.4 Å². The molecule has 1 aromatic carbocycles. The summed E-state index contributed by atoms with van der Waals surface area (Å²) in [6.07, 6.45) is 6.79. The SMILES string of the molecule is COc1ccc(C[C@H](NC(=O)[C@@H](NC(=O)CN2CCOCC2)C2CC2)C(=O)N[C@@H](CC2CCCC2)C(=O)[C@]2(C)CO2)cc1. The number of nitrogens with zero attached hydrogens (tertiary/aromatic N) is 1. The average molecular weight is 599 g/mol. The summed E-state index contributed by atoms with van der Waals surface area (Å²) in [7, 11) is 1.59. The highest BCUT2D eigenvalue weighted by Crippen LogP contribution is 2.34. The predicted molar refractivity (Wildman–Crippen MR) is 158 cm³/mol. The summed E-state index contributed by atoms with van der Waals surface area (Å²) in [6, 6.07) is 4.97. The molecule has 3 N–H and O–H groups in total. The average Bonchev–Trinajstić information content (AvgIpc) is 3.94. The molecule has 2 saturated heterocycles. The number of Topliss-reactive ketones (excluding diaryl/α,β-unsaturated/α-hetero) is 1. The molecule has 0 aromatic heterocycles. The van der Waals surface area contributed by atoms with E-state index in [4.69, 9.17) is 14.2 Å². The van der Waals surface area contributed by atoms with Crippen LogP contribution in [0.4, 0.5) is 0 Å². The van der Waals surface area contributed by atoms with E-state index in [0.717, 1.165) is 44.1 Å². The van der Waals surface area contributed by atoms with Crippen LogP contribution in [0.1, 0.15) is 57.4 Å². The lowest BCUT2D eigenvalue weighted by molar-refractivity contribution is -0.135. The first-order chi connectivity index (χ1) is 20.7. The summed E-state index contributed by atoms with van der Waals surface area (Å²) in [5, 5.41) is 8.88. The van der Waals surface area contributed by atoms with Crippen LogP contribution in [-0.2, 0) is 35.1 Å². The van der Waals surface area contributed by atoms with Crippen LogP contribution in [0, 0.1) is 11.8 Å². The molecule has 236 valence electrons. The van der Waals surface area contributed by atoms with Crippen LogP contribution in [-0.4, -0.2) is 98.7 Å². The molecule has 5 rings (SSSR count). The van der Waals surface area contributed by atoms with Crippen molar-refractivity contribution in [1.82, 2.24) is 20.9 Å². The second-order valence-corrected chi connectivity index (χ2v) is 12.7. The van der Waals surface area contributed by atoms with Gasteiger partial charge in [0.25, 0.3) is 0 Å². The molecular weight excluding hydrogens is 552 g/mol. The van der Waals surface area contributed by atoms with Gasteiger partial charge < -0.3 is 30.2 Å². The zero-order chi connectivity index (χ0) is 30.4. The molecule has 1 aromatic rings. The quantitative estimate of drug-likeness (QED) is 0.258. The van der Waals surface area contributed by atoms with Crippen LogP contribution in [0.15, 0.2) is 24.3 Å². The topological polar surface area (TPSA) is 139 Å². The Hall–Kier alpha value is -3.02. The smallest absolute Gasteiger partial charge is 0.243 e. The van der Waals surface area contributed by atoms with Gasteiger partial charge in [-0.05, 0) is 55.7 Å². The van der Waals surface area contributed by atoms with Crippen molar-refractivity contribution >= 4 is 23.5 Å². The molecule has 2 saturated carbocycles. The molecule has 4 fully saturated rings. The van der Waals surface area contributed by atoms with Gasteiger partial charge >= 0.3 is 0 Å². The van der Waals surface area contributed by atoms with Crippen molar-refractivity contribution in [3.05, 3.63) is 29.8 Å². The molecule has 11 heteroatoms. The highest BCUT2D eigenvalue weighted by molar-refractivity contribution is 5.98. The first-order valence-electron chi connectivity index (χ1n) is 15.8. The summed E-state index contributed by atoms with van der Waals surface area (Å²) in [4.78, 5) is 55.9. The van der Waals surface area contributed by atoms with E-state index in [2.05, 4.69) is 16.0 Å². The number of nitrogens with one attached hydrogen (secondary N) is 3. The molecule has 0 bridgehead atoms. The maximum atomic E-state index is 13.9. The number of hydrogen-bond donors (Lipinski definition) is 3. The molecule has 4 atom stereocenters. The number of benzene rings is 1. The van der Waals surface area contributed by atoms with Crippen molar-refractivity contribution in [3.8, 4) is 5.75 Å². The summed E-state index contributed by atoms with van der Waals surface area (Å²) in [6.45, 7) is 4.81. The van der Waals surface area contributed by atoms with Crippen LogP contribution in [0.25, 0.3) is 0 Å². The maximum Gasteiger partial charge on any atom is 0.243 e. The first kappa shape index (κ1) is 31.4. The normalized spacial score (nSPS) is 24.4. The van der Waals surface area contributed by atoms with Gasteiger partial charge in [-0.1, -0.05) is 37.8 Å². The minimum absolute atomic E-state index is 0.0296. The lowest BCUT2D eigenvalue weighted by atomic mass is 9.90. The van der Waals surface area contributed by atoms with Gasteiger partial charge in [0.15, 0.2) is 5.78 Å². The van der Waals surface area contributed by atoms with Gasteiger partial charge in [-0.2, -0.15) is 0 Å². The highest BCUT2D eigenvalue weighted by Gasteiger charge is 2.50. The van der Waals surface area contributed by atoms with E-state index in [9.17, 15) is 19.2 Å². The van der Waals surface area contributed by atoms with Crippen molar-refractivity contribution in [2.24, 2.45) is 11.8 Å². The number of ketones is 1. The van der Waals surface area contributed by atoms with Crippen LogP contribution in [0.3, 0.4) is 0 Å². The van der Waals surface area contributed by atoms with Gasteiger partial charge in [-0.3, -0.25) is 24.1 Å². The van der Waals surface area contributed by atoms with Gasteiger partial charge in [0.1, 0.15) is 23.4 Å². The van der Waals surface area contributed by atoms with E-state index >= 15 is 0 Å². The molecular formula is C32H46N4O7. The van der Waals surface area contributed by atoms with Gasteiger partial charge in [0.05, 0.1) is 39.5 Å². The third-order valence-electron chi connectivity index (χ3n) is 9.17. The molecule has 11 nitrogen and oxygen atoms in total. The van der Waals surface area contributed by atoms with Crippen molar-refractivity contribution in [2.45, 2.75) is 82.0 Å². The molecule has 0 unspecified atom stereocenters. The van der Waals surface area contributed by atoms with E-state index in [1.807, 2.05) is 29.2 Å². The molecule has 43 heavy (non-hydrogen) atoms. The number of epoxide rings is 1. The Morgan fingerprint density at radius 1 is 0.953 bits per heavy atom. The number of morpholine rings is 1. The van der Waals surface area contributed by atoms with Crippen molar-refractivity contribution in [1.29, 1.82) is 0 Å². The third-order valence-corrected chi connectivity index (χ3v) is 9.17. The monoisotopic (exact) mass is 598 g/mol. The standard InChI is InChI=1S/C32H46N4O7/c1-32(20-43-32)29(38)25(17-21-5-3-4-6-21)33-30(39)26(18-22-7-11-24(41-2)12-8-22)34-31(40)28(23-9-10-23)35-27(37)19-36-13-15-42-16-14-36/h7-8,11-12,21,23,25-26,28H,3-6,9-10,13-20H2,1-2H3,(H,33,39)(H,34,40)(H,35,37)/t25-,26-,28-,32-/m0/s1. The largest absolute Gasteiger partial charge is 0.497 e. The summed E-state index contributed by atoms with van der Waals surface area (Å²) in [5.74, 6) is -0.0558. The fourth-order valence-electron chi connectivity index (χ4n) is 6.18. The fourth-order valence-corrected chi connectivity index (χ4v) is 6.18. The fraction of sp³-hybridized carbons (Fsp3) is 0.688. The number of methoxy groups -OCH3 is 1. The van der Waals surface area contributed by atoms with E-state index in [1.54, 1.807) is 14.0 Å². The minimum Gasteiger partial charge on any atom is -0.497 e. The minimum atomic E-state index is -0.940. The number of amides is 3. The van der Waals surface area contributed by atoms with Crippen LogP contribution >= 0.6 is 0 Å². The second-order valence-electron chi connectivity index (χ2n) is 12.7. The molecule has 0 spiro atoms. The first-order valence-corrected chi connectivity index (χ1v) is 15.8. The molecule has 0 radical (unpaired) electrons. The van der Waals surface area contributed by atoms with E-state index in [1.165, 1.54) is 0 Å². The predicted octanol–water partition coefficient (Wildman–Crippen LogP) is 1.37. The van der Waals surface area contributed by atoms with Crippen LogP contribution in [0.5, 0.6) is 5.75 Å². The molecule has 2 heterocycles. The van der Waals surface area contributed by atoms with Crippen LogP contribution in [0.2, 0.25) is 0 Å². The van der Waals surface area contributed by atoms with E-state index in [0.29, 0.717) is 51.0 Å². The third kappa shape index (κ3) is 8.77. The number of rotatable bonds is 15. The lowest BCUT2D eigenvalue weighted by Crippen LogP contribution is -2.58. The van der Waals surface area contributed by atoms with Crippen LogP contribution < -0.4 is 20.7 Å². The Morgan fingerprint density at radius 3 is 2.21 bits per heavy atom. The maximum absolute atomic E-state index is 13.9. The molecule has 2 aliphatic carbocycles. The lowest BCUT2D eigenvalue weighted by Gasteiger charge is -2.28. The molecule has 3 amide bonds. The Labute approximate surface area is 253 Å². The molecule has 2 aliphatic heterocycles.